The minimum absolute atomic E-state index is 0.101. The molecule has 2 aromatic carbocycles. The number of imidazole rings is 1. The van der Waals surface area contributed by atoms with Gasteiger partial charge in [-0.2, -0.15) is 0 Å². The van der Waals surface area contributed by atoms with Crippen LogP contribution in [0.25, 0.3) is 11.0 Å². The van der Waals surface area contributed by atoms with E-state index >= 15 is 0 Å². The molecule has 0 N–H and O–H groups in total. The van der Waals surface area contributed by atoms with Gasteiger partial charge in [0.25, 0.3) is 0 Å². The number of hydrogen-bond donors (Lipinski definition) is 0. The third kappa shape index (κ3) is 4.20. The molecule has 2 heterocycles. The Morgan fingerprint density at radius 2 is 1.87 bits per heavy atom. The van der Waals surface area contributed by atoms with Gasteiger partial charge in [0.15, 0.2) is 0 Å². The Kier molecular flexibility index (Phi) is 5.69. The number of aromatic nitrogens is 2. The zero-order chi connectivity index (χ0) is 20.6. The van der Waals surface area contributed by atoms with Crippen LogP contribution in [0.1, 0.15) is 37.1 Å². The summed E-state index contributed by atoms with van der Waals surface area (Å²) in [6.07, 6.45) is 4.94. The molecule has 5 heteroatoms. The Bertz CT molecular complexity index is 1000. The van der Waals surface area contributed by atoms with Crippen LogP contribution in [0.2, 0.25) is 0 Å². The fourth-order valence-electron chi connectivity index (χ4n) is 4.71. The lowest BCUT2D eigenvalue weighted by atomic mass is 9.73. The minimum atomic E-state index is 0.101. The third-order valence-corrected chi connectivity index (χ3v) is 7.36. The summed E-state index contributed by atoms with van der Waals surface area (Å²) in [5.41, 5.74) is 3.79. The van der Waals surface area contributed by atoms with Crippen molar-refractivity contribution in [2.75, 3.05) is 26.7 Å². The number of likely N-dealkylation sites (tertiary alicyclic amines) is 1. The average Bonchev–Trinajstić information content (AvgIpc) is 3.53. The van der Waals surface area contributed by atoms with E-state index in [4.69, 9.17) is 9.72 Å². The van der Waals surface area contributed by atoms with Gasteiger partial charge in [0.05, 0.1) is 17.6 Å². The zero-order valence-electron chi connectivity index (χ0n) is 17.7. The topological polar surface area (TPSA) is 30.3 Å². The molecule has 5 rings (SSSR count). The maximum atomic E-state index is 6.44. The summed E-state index contributed by atoms with van der Waals surface area (Å²) in [7, 11) is 2.22. The smallest absolute Gasteiger partial charge is 0.136 e. The highest BCUT2D eigenvalue weighted by atomic mass is 79.9. The quantitative estimate of drug-likeness (QED) is 0.466. The number of fused-ring (bicyclic) bond motifs is 1. The van der Waals surface area contributed by atoms with E-state index in [1.807, 2.05) is 0 Å². The molecule has 1 saturated heterocycles. The second kappa shape index (κ2) is 8.45. The third-order valence-electron chi connectivity index (χ3n) is 6.87. The Morgan fingerprint density at radius 1 is 1.10 bits per heavy atom. The molecule has 158 valence electrons. The van der Waals surface area contributed by atoms with Crippen molar-refractivity contribution in [2.24, 2.45) is 5.92 Å². The van der Waals surface area contributed by atoms with E-state index in [9.17, 15) is 0 Å². The van der Waals surface area contributed by atoms with Crippen LogP contribution in [-0.4, -0.2) is 41.2 Å². The molecule has 0 radical (unpaired) electrons. The van der Waals surface area contributed by atoms with E-state index in [1.54, 1.807) is 0 Å². The van der Waals surface area contributed by atoms with Gasteiger partial charge >= 0.3 is 0 Å². The molecule has 0 spiro atoms. The van der Waals surface area contributed by atoms with E-state index in [-0.39, 0.29) is 5.41 Å². The van der Waals surface area contributed by atoms with Crippen molar-refractivity contribution < 1.29 is 4.74 Å². The number of benzene rings is 2. The highest BCUT2D eigenvalue weighted by Crippen LogP contribution is 2.36. The van der Waals surface area contributed by atoms with Gasteiger partial charge < -0.3 is 14.2 Å². The van der Waals surface area contributed by atoms with Crippen LogP contribution < -0.4 is 0 Å². The van der Waals surface area contributed by atoms with Crippen molar-refractivity contribution >= 4 is 27.0 Å². The first-order valence-electron chi connectivity index (χ1n) is 11.1. The zero-order valence-corrected chi connectivity index (χ0v) is 19.3. The number of halogens is 1. The first-order chi connectivity index (χ1) is 14.6. The normalized spacial score (nSPS) is 19.4. The van der Waals surface area contributed by atoms with Gasteiger partial charge in [-0.1, -0.05) is 46.3 Å². The molecule has 0 amide bonds. The summed E-state index contributed by atoms with van der Waals surface area (Å²) in [6, 6.07) is 17.3. The summed E-state index contributed by atoms with van der Waals surface area (Å²) < 4.78 is 9.94. The maximum absolute atomic E-state index is 6.44. The van der Waals surface area contributed by atoms with E-state index in [0.717, 1.165) is 60.8 Å². The molecular weight excluding hydrogens is 438 g/mol. The fraction of sp³-hybridized carbons (Fsp3) is 0.480. The Hall–Kier alpha value is -1.69. The van der Waals surface area contributed by atoms with Gasteiger partial charge in [-0.05, 0) is 75.5 Å². The molecule has 30 heavy (non-hydrogen) atoms. The predicted molar refractivity (Wildman–Crippen MR) is 125 cm³/mol. The van der Waals surface area contributed by atoms with E-state index < -0.39 is 0 Å². The molecule has 1 aromatic heterocycles. The summed E-state index contributed by atoms with van der Waals surface area (Å²) in [5.74, 6) is 1.86. The molecular formula is C25H30BrN3O. The summed E-state index contributed by atoms with van der Waals surface area (Å²) in [6.45, 7) is 4.61. The highest BCUT2D eigenvalue weighted by Gasteiger charge is 2.36. The SMILES string of the molecule is CN1CCC(COCc2nc3ccc(Br)cc3n2CC2CC2)(c2ccccc2)CC1. The Balaban J connectivity index is 1.36. The second-order valence-electron chi connectivity index (χ2n) is 9.16. The maximum Gasteiger partial charge on any atom is 0.136 e. The molecule has 0 bridgehead atoms. The van der Waals surface area contributed by atoms with Crippen LogP contribution in [0.4, 0.5) is 0 Å². The van der Waals surface area contributed by atoms with Crippen LogP contribution in [-0.2, 0) is 23.3 Å². The molecule has 0 unspecified atom stereocenters. The summed E-state index contributed by atoms with van der Waals surface area (Å²) in [5, 5.41) is 0. The van der Waals surface area contributed by atoms with Crippen molar-refractivity contribution in [1.82, 2.24) is 14.5 Å². The van der Waals surface area contributed by atoms with Crippen LogP contribution in [0, 0.1) is 5.92 Å². The molecule has 0 atom stereocenters. The number of nitrogens with zero attached hydrogens (tertiary/aromatic N) is 3. The van der Waals surface area contributed by atoms with E-state index in [2.05, 4.69) is 81.0 Å². The van der Waals surface area contributed by atoms with Crippen molar-refractivity contribution in [3.63, 3.8) is 0 Å². The van der Waals surface area contributed by atoms with Crippen molar-refractivity contribution in [2.45, 2.75) is 44.2 Å². The number of piperidine rings is 1. The van der Waals surface area contributed by atoms with Crippen LogP contribution >= 0.6 is 15.9 Å². The first-order valence-corrected chi connectivity index (χ1v) is 11.9. The number of rotatable bonds is 7. The molecule has 3 aromatic rings. The van der Waals surface area contributed by atoms with Gasteiger partial charge in [0.2, 0.25) is 0 Å². The van der Waals surface area contributed by atoms with Crippen molar-refractivity contribution in [3.8, 4) is 0 Å². The van der Waals surface area contributed by atoms with Gasteiger partial charge in [-0.15, -0.1) is 0 Å². The van der Waals surface area contributed by atoms with Crippen molar-refractivity contribution in [1.29, 1.82) is 0 Å². The fourth-order valence-corrected chi connectivity index (χ4v) is 5.06. The average molecular weight is 468 g/mol. The molecule has 2 fully saturated rings. The monoisotopic (exact) mass is 467 g/mol. The van der Waals surface area contributed by atoms with E-state index in [1.165, 1.54) is 23.9 Å². The van der Waals surface area contributed by atoms with Gasteiger partial charge in [-0.25, -0.2) is 4.98 Å². The van der Waals surface area contributed by atoms with Gasteiger partial charge in [-0.3, -0.25) is 0 Å². The molecule has 4 nitrogen and oxygen atoms in total. The number of hydrogen-bond acceptors (Lipinski definition) is 3. The molecule has 1 aliphatic carbocycles. The predicted octanol–water partition coefficient (Wildman–Crippen LogP) is 5.39. The molecule has 2 aliphatic rings. The first kappa shape index (κ1) is 20.2. The Labute approximate surface area is 187 Å². The van der Waals surface area contributed by atoms with Crippen LogP contribution in [0.5, 0.6) is 0 Å². The standard InChI is InChI=1S/C25H30BrN3O/c1-28-13-11-25(12-14-28,20-5-3-2-4-6-20)18-30-17-24-27-22-10-9-21(26)15-23(22)29(24)16-19-7-8-19/h2-6,9-10,15,19H,7-8,11-14,16-18H2,1H3. The van der Waals surface area contributed by atoms with Crippen LogP contribution in [0.3, 0.4) is 0 Å². The Morgan fingerprint density at radius 3 is 2.60 bits per heavy atom. The lowest BCUT2D eigenvalue weighted by molar-refractivity contribution is 0.0368. The summed E-state index contributed by atoms with van der Waals surface area (Å²) in [4.78, 5) is 7.36. The van der Waals surface area contributed by atoms with Gasteiger partial charge in [0, 0.05) is 16.4 Å². The highest BCUT2D eigenvalue weighted by molar-refractivity contribution is 9.10. The van der Waals surface area contributed by atoms with Crippen molar-refractivity contribution in [3.05, 3.63) is 64.4 Å². The second-order valence-corrected chi connectivity index (χ2v) is 10.1. The van der Waals surface area contributed by atoms with E-state index in [0.29, 0.717) is 6.61 Å². The number of ether oxygens (including phenoxy) is 1. The largest absolute Gasteiger partial charge is 0.373 e. The molecule has 1 aliphatic heterocycles. The summed E-state index contributed by atoms with van der Waals surface area (Å²) >= 11 is 3.62. The minimum Gasteiger partial charge on any atom is -0.373 e. The molecule has 1 saturated carbocycles. The van der Waals surface area contributed by atoms with Crippen LogP contribution in [0.15, 0.2) is 53.0 Å². The lowest BCUT2D eigenvalue weighted by Crippen LogP contribution is -2.43. The lowest BCUT2D eigenvalue weighted by Gasteiger charge is -2.41. The van der Waals surface area contributed by atoms with Gasteiger partial charge in [0.1, 0.15) is 12.4 Å².